The maximum Gasteiger partial charge on any atom is 0.202 e. The van der Waals surface area contributed by atoms with Crippen molar-refractivity contribution in [3.05, 3.63) is 53.2 Å². The van der Waals surface area contributed by atoms with E-state index in [4.69, 9.17) is 11.0 Å². The minimum absolute atomic E-state index is 0.431. The van der Waals surface area contributed by atoms with Gasteiger partial charge in [-0.3, -0.25) is 4.57 Å². The van der Waals surface area contributed by atoms with Gasteiger partial charge in [-0.15, -0.1) is 0 Å². The van der Waals surface area contributed by atoms with Crippen molar-refractivity contribution in [1.82, 2.24) is 14.5 Å². The summed E-state index contributed by atoms with van der Waals surface area (Å²) in [7, 11) is 0. The number of hydrogen-bond acceptors (Lipinski definition) is 4. The van der Waals surface area contributed by atoms with Gasteiger partial charge in [-0.25, -0.2) is 9.97 Å². The van der Waals surface area contributed by atoms with Crippen molar-refractivity contribution in [2.75, 3.05) is 5.73 Å². The van der Waals surface area contributed by atoms with Crippen LogP contribution in [-0.2, 0) is 6.54 Å². The van der Waals surface area contributed by atoms with Crippen LogP contribution in [-0.4, -0.2) is 14.5 Å². The highest BCUT2D eigenvalue weighted by Crippen LogP contribution is 2.18. The number of anilines is 1. The molecule has 0 aliphatic heterocycles. The number of fused-ring (bicyclic) bond motifs is 1. The molecule has 0 aliphatic rings. The normalized spacial score (nSPS) is 10.6. The zero-order valence-electron chi connectivity index (χ0n) is 11.0. The second-order valence-corrected chi connectivity index (χ2v) is 4.72. The lowest BCUT2D eigenvalue weighted by molar-refractivity contribution is 0.827. The first-order chi connectivity index (χ1) is 9.67. The van der Waals surface area contributed by atoms with Gasteiger partial charge in [-0.05, 0) is 36.2 Å². The maximum absolute atomic E-state index is 8.94. The van der Waals surface area contributed by atoms with Gasteiger partial charge in [0.2, 0.25) is 5.95 Å². The van der Waals surface area contributed by atoms with Crippen LogP contribution in [0.4, 0.5) is 5.95 Å². The molecule has 20 heavy (non-hydrogen) atoms. The minimum Gasteiger partial charge on any atom is -0.369 e. The minimum atomic E-state index is 0.431. The van der Waals surface area contributed by atoms with Gasteiger partial charge in [-0.1, -0.05) is 12.1 Å². The number of aryl methyl sites for hydroxylation is 1. The highest BCUT2D eigenvalue weighted by Gasteiger charge is 2.10. The summed E-state index contributed by atoms with van der Waals surface area (Å²) in [6, 6.07) is 11.5. The average Bonchev–Trinajstić information content (AvgIpc) is 2.74. The van der Waals surface area contributed by atoms with E-state index in [1.165, 1.54) is 0 Å². The fourth-order valence-electron chi connectivity index (χ4n) is 2.21. The molecular formula is C15H13N5. The predicted molar refractivity (Wildman–Crippen MR) is 76.9 cm³/mol. The van der Waals surface area contributed by atoms with E-state index in [9.17, 15) is 0 Å². The summed E-state index contributed by atoms with van der Waals surface area (Å²) in [4.78, 5) is 8.72. The van der Waals surface area contributed by atoms with Gasteiger partial charge in [-0.2, -0.15) is 5.26 Å². The van der Waals surface area contributed by atoms with E-state index >= 15 is 0 Å². The molecule has 0 saturated heterocycles. The summed E-state index contributed by atoms with van der Waals surface area (Å²) >= 11 is 0. The number of nitrogens with two attached hydrogens (primary N) is 1. The molecule has 0 unspecified atom stereocenters. The molecule has 0 aliphatic carbocycles. The quantitative estimate of drug-likeness (QED) is 0.768. The molecule has 0 bridgehead atoms. The van der Waals surface area contributed by atoms with Crippen LogP contribution in [0.5, 0.6) is 0 Å². The Hall–Kier alpha value is -2.87. The van der Waals surface area contributed by atoms with Crippen molar-refractivity contribution >= 4 is 17.1 Å². The Morgan fingerprint density at radius 2 is 2.20 bits per heavy atom. The second-order valence-electron chi connectivity index (χ2n) is 4.72. The summed E-state index contributed by atoms with van der Waals surface area (Å²) in [6.07, 6.45) is 1.80. The van der Waals surface area contributed by atoms with Crippen LogP contribution in [0.25, 0.3) is 11.2 Å². The van der Waals surface area contributed by atoms with Crippen LogP contribution >= 0.6 is 0 Å². The summed E-state index contributed by atoms with van der Waals surface area (Å²) in [5, 5.41) is 8.94. The highest BCUT2D eigenvalue weighted by molar-refractivity contribution is 5.74. The zero-order valence-corrected chi connectivity index (χ0v) is 11.0. The summed E-state index contributed by atoms with van der Waals surface area (Å²) in [5.74, 6) is 0.431. The molecule has 2 heterocycles. The summed E-state index contributed by atoms with van der Waals surface area (Å²) in [6.45, 7) is 2.52. The fourth-order valence-corrected chi connectivity index (χ4v) is 2.21. The standard InChI is InChI=1S/C15H13N5/c1-10-5-13-14(18-8-10)20(15(17)19-13)9-12-4-2-3-11(6-12)7-16/h2-6,8H,9H2,1H3,(H2,17,19). The van der Waals surface area contributed by atoms with Crippen LogP contribution in [0.2, 0.25) is 0 Å². The Morgan fingerprint density at radius 1 is 1.35 bits per heavy atom. The lowest BCUT2D eigenvalue weighted by Crippen LogP contribution is -2.05. The molecule has 3 aromatic rings. The Labute approximate surface area is 116 Å². The molecule has 0 atom stereocenters. The van der Waals surface area contributed by atoms with Crippen molar-refractivity contribution < 1.29 is 0 Å². The first-order valence-corrected chi connectivity index (χ1v) is 6.25. The largest absolute Gasteiger partial charge is 0.369 e. The van der Waals surface area contributed by atoms with Crippen molar-refractivity contribution in [2.24, 2.45) is 0 Å². The molecule has 98 valence electrons. The Bertz CT molecular complexity index is 826. The Morgan fingerprint density at radius 3 is 3.00 bits per heavy atom. The molecule has 2 aromatic heterocycles. The first kappa shape index (κ1) is 12.2. The van der Waals surface area contributed by atoms with E-state index in [1.54, 1.807) is 12.3 Å². The smallest absolute Gasteiger partial charge is 0.202 e. The lowest BCUT2D eigenvalue weighted by atomic mass is 10.1. The molecule has 2 N–H and O–H groups in total. The second kappa shape index (κ2) is 4.67. The van der Waals surface area contributed by atoms with Gasteiger partial charge in [0.15, 0.2) is 5.65 Å². The van der Waals surface area contributed by atoms with Crippen molar-refractivity contribution in [3.8, 4) is 6.07 Å². The molecule has 0 saturated carbocycles. The number of nitrogen functional groups attached to an aromatic ring is 1. The van der Waals surface area contributed by atoms with Gasteiger partial charge < -0.3 is 5.73 Å². The maximum atomic E-state index is 8.94. The van der Waals surface area contributed by atoms with E-state index in [-0.39, 0.29) is 0 Å². The van der Waals surface area contributed by atoms with Crippen LogP contribution in [0.15, 0.2) is 36.5 Å². The van der Waals surface area contributed by atoms with Crippen LogP contribution in [0.1, 0.15) is 16.7 Å². The molecule has 5 heteroatoms. The average molecular weight is 263 g/mol. The SMILES string of the molecule is Cc1cnc2c(c1)nc(N)n2Cc1cccc(C#N)c1. The molecular weight excluding hydrogens is 250 g/mol. The molecule has 0 fully saturated rings. The molecule has 3 rings (SSSR count). The van der Waals surface area contributed by atoms with Gasteiger partial charge in [0.1, 0.15) is 5.52 Å². The van der Waals surface area contributed by atoms with Gasteiger partial charge in [0.25, 0.3) is 0 Å². The van der Waals surface area contributed by atoms with Crippen molar-refractivity contribution in [3.63, 3.8) is 0 Å². The van der Waals surface area contributed by atoms with Gasteiger partial charge >= 0.3 is 0 Å². The molecule has 0 radical (unpaired) electrons. The molecule has 0 spiro atoms. The Balaban J connectivity index is 2.06. The van der Waals surface area contributed by atoms with Gasteiger partial charge in [0, 0.05) is 6.20 Å². The number of rotatable bonds is 2. The van der Waals surface area contributed by atoms with E-state index in [2.05, 4.69) is 16.0 Å². The van der Waals surface area contributed by atoms with Crippen molar-refractivity contribution in [1.29, 1.82) is 5.26 Å². The van der Waals surface area contributed by atoms with E-state index in [1.807, 2.05) is 35.8 Å². The molecule has 0 amide bonds. The van der Waals surface area contributed by atoms with E-state index < -0.39 is 0 Å². The van der Waals surface area contributed by atoms with E-state index in [0.29, 0.717) is 18.1 Å². The monoisotopic (exact) mass is 263 g/mol. The third-order valence-corrected chi connectivity index (χ3v) is 3.15. The van der Waals surface area contributed by atoms with E-state index in [0.717, 1.165) is 22.3 Å². The summed E-state index contributed by atoms with van der Waals surface area (Å²) in [5.41, 5.74) is 10.2. The third kappa shape index (κ3) is 2.08. The highest BCUT2D eigenvalue weighted by atomic mass is 15.2. The number of nitriles is 1. The van der Waals surface area contributed by atoms with Crippen LogP contribution < -0.4 is 5.73 Å². The number of hydrogen-bond donors (Lipinski definition) is 1. The Kier molecular flexibility index (Phi) is 2.84. The topological polar surface area (TPSA) is 80.5 Å². The first-order valence-electron chi connectivity index (χ1n) is 6.25. The number of imidazole rings is 1. The van der Waals surface area contributed by atoms with Crippen LogP contribution in [0.3, 0.4) is 0 Å². The lowest BCUT2D eigenvalue weighted by Gasteiger charge is -2.06. The third-order valence-electron chi connectivity index (χ3n) is 3.15. The van der Waals surface area contributed by atoms with Crippen molar-refractivity contribution in [2.45, 2.75) is 13.5 Å². The fraction of sp³-hybridized carbons (Fsp3) is 0.133. The number of aromatic nitrogens is 3. The van der Waals surface area contributed by atoms with Gasteiger partial charge in [0.05, 0.1) is 18.2 Å². The van der Waals surface area contributed by atoms with Crippen LogP contribution in [0, 0.1) is 18.3 Å². The molecule has 1 aromatic carbocycles. The number of nitrogens with zero attached hydrogens (tertiary/aromatic N) is 4. The number of pyridine rings is 1. The molecule has 5 nitrogen and oxygen atoms in total. The summed E-state index contributed by atoms with van der Waals surface area (Å²) < 4.78 is 1.85. The number of benzene rings is 1. The predicted octanol–water partition coefficient (Wildman–Crippen LogP) is 2.24. The zero-order chi connectivity index (χ0) is 14.1.